The second-order valence-corrected chi connectivity index (χ2v) is 10.0. The molecule has 0 bridgehead atoms. The number of carbonyl (C=O) groups is 2. The first-order chi connectivity index (χ1) is 16.6. The highest BCUT2D eigenvalue weighted by Crippen LogP contribution is 2.26. The lowest BCUT2D eigenvalue weighted by Gasteiger charge is -2.31. The summed E-state index contributed by atoms with van der Waals surface area (Å²) in [5.41, 5.74) is 0.778. The molecular weight excluding hydrogens is 493 g/mol. The van der Waals surface area contributed by atoms with Crippen LogP contribution in [0, 0.1) is 5.82 Å². The summed E-state index contributed by atoms with van der Waals surface area (Å²) in [6.07, 6.45) is 0. The quantitative estimate of drug-likeness (QED) is 0.467. The van der Waals surface area contributed by atoms with E-state index in [9.17, 15) is 22.4 Å². The van der Waals surface area contributed by atoms with Gasteiger partial charge in [-0.15, -0.1) is 0 Å². The number of anilines is 1. The van der Waals surface area contributed by atoms with Crippen molar-refractivity contribution in [2.24, 2.45) is 0 Å². The van der Waals surface area contributed by atoms with Crippen molar-refractivity contribution in [2.45, 2.75) is 24.4 Å². The molecule has 0 fully saturated rings. The van der Waals surface area contributed by atoms with E-state index < -0.39 is 40.2 Å². The van der Waals surface area contributed by atoms with Crippen LogP contribution in [0.2, 0.25) is 5.02 Å². The molecule has 3 aromatic rings. The first-order valence-corrected chi connectivity index (χ1v) is 12.5. The Labute approximate surface area is 209 Å². The van der Waals surface area contributed by atoms with Gasteiger partial charge in [-0.05, 0) is 55.0 Å². The van der Waals surface area contributed by atoms with Crippen molar-refractivity contribution in [3.63, 3.8) is 0 Å². The zero-order valence-corrected chi connectivity index (χ0v) is 20.8. The van der Waals surface area contributed by atoms with Crippen LogP contribution in [-0.2, 0) is 26.2 Å². The molecule has 0 saturated heterocycles. The normalized spacial score (nSPS) is 12.0. The minimum absolute atomic E-state index is 0.00258. The molecule has 0 saturated carbocycles. The van der Waals surface area contributed by atoms with Crippen LogP contribution in [0.5, 0.6) is 0 Å². The van der Waals surface area contributed by atoms with Crippen molar-refractivity contribution in [3.8, 4) is 0 Å². The molecule has 1 N–H and O–H groups in total. The predicted octanol–water partition coefficient (Wildman–Crippen LogP) is 3.84. The zero-order valence-electron chi connectivity index (χ0n) is 19.2. The standard InChI is InChI=1S/C25H25ClFN3O4S/c1-18(25(32)28-2)29(16-19-11-13-21(27)14-12-19)24(31)17-30(22-8-6-7-20(26)15-22)35(33,34)23-9-4-3-5-10-23/h3-15,18H,16-17H2,1-2H3,(H,28,32)/t18-/m1/s1. The summed E-state index contributed by atoms with van der Waals surface area (Å²) in [5.74, 6) is -1.49. The van der Waals surface area contributed by atoms with Gasteiger partial charge in [-0.25, -0.2) is 12.8 Å². The molecule has 3 rings (SSSR count). The Hall–Kier alpha value is -3.43. The maximum absolute atomic E-state index is 13.6. The van der Waals surface area contributed by atoms with Crippen LogP contribution in [0.25, 0.3) is 0 Å². The smallest absolute Gasteiger partial charge is 0.264 e. The average Bonchev–Trinajstić information content (AvgIpc) is 2.86. The van der Waals surface area contributed by atoms with Crippen molar-refractivity contribution in [1.82, 2.24) is 10.2 Å². The van der Waals surface area contributed by atoms with Crippen LogP contribution < -0.4 is 9.62 Å². The number of rotatable bonds is 9. The number of likely N-dealkylation sites (N-methyl/N-ethyl adjacent to an activating group) is 1. The molecule has 7 nitrogen and oxygen atoms in total. The fraction of sp³-hybridized carbons (Fsp3) is 0.200. The van der Waals surface area contributed by atoms with Crippen molar-refractivity contribution in [2.75, 3.05) is 17.9 Å². The molecule has 2 amide bonds. The van der Waals surface area contributed by atoms with Crippen molar-refractivity contribution in [1.29, 1.82) is 0 Å². The van der Waals surface area contributed by atoms with Gasteiger partial charge in [-0.1, -0.05) is 48.0 Å². The Morgan fingerprint density at radius 3 is 2.26 bits per heavy atom. The maximum atomic E-state index is 13.6. The molecule has 0 radical (unpaired) electrons. The number of hydrogen-bond donors (Lipinski definition) is 1. The van der Waals surface area contributed by atoms with E-state index in [4.69, 9.17) is 11.6 Å². The van der Waals surface area contributed by atoms with E-state index in [1.54, 1.807) is 30.3 Å². The Bertz CT molecular complexity index is 1290. The number of halogens is 2. The van der Waals surface area contributed by atoms with E-state index in [0.717, 1.165) is 4.31 Å². The summed E-state index contributed by atoms with van der Waals surface area (Å²) in [7, 11) is -2.71. The minimum atomic E-state index is -4.15. The SMILES string of the molecule is CNC(=O)[C@@H](C)N(Cc1ccc(F)cc1)C(=O)CN(c1cccc(Cl)c1)S(=O)(=O)c1ccccc1. The lowest BCUT2D eigenvalue weighted by Crippen LogP contribution is -2.50. The van der Waals surface area contributed by atoms with Crippen LogP contribution >= 0.6 is 11.6 Å². The molecular formula is C25H25ClFN3O4S. The number of nitrogens with one attached hydrogen (secondary N) is 1. The van der Waals surface area contributed by atoms with E-state index in [-0.39, 0.29) is 17.1 Å². The van der Waals surface area contributed by atoms with Gasteiger partial charge in [0.15, 0.2) is 0 Å². The lowest BCUT2D eigenvalue weighted by atomic mass is 10.1. The Morgan fingerprint density at radius 2 is 1.66 bits per heavy atom. The third-order valence-corrected chi connectivity index (χ3v) is 7.41. The molecule has 10 heteroatoms. The molecule has 0 unspecified atom stereocenters. The average molecular weight is 518 g/mol. The third kappa shape index (κ3) is 6.37. The fourth-order valence-electron chi connectivity index (χ4n) is 3.46. The van der Waals surface area contributed by atoms with E-state index >= 15 is 0 Å². The van der Waals surface area contributed by atoms with E-state index in [2.05, 4.69) is 5.32 Å². The largest absolute Gasteiger partial charge is 0.357 e. The number of carbonyl (C=O) groups excluding carboxylic acids is 2. The summed E-state index contributed by atoms with van der Waals surface area (Å²) < 4.78 is 41.4. The number of hydrogen-bond acceptors (Lipinski definition) is 4. The third-order valence-electron chi connectivity index (χ3n) is 5.39. The molecule has 184 valence electrons. The van der Waals surface area contributed by atoms with Crippen molar-refractivity contribution >= 4 is 39.1 Å². The first kappa shape index (κ1) is 26.2. The van der Waals surface area contributed by atoms with Gasteiger partial charge in [-0.2, -0.15) is 0 Å². The molecule has 0 spiro atoms. The number of sulfonamides is 1. The monoisotopic (exact) mass is 517 g/mol. The lowest BCUT2D eigenvalue weighted by molar-refractivity contribution is -0.139. The van der Waals surface area contributed by atoms with Gasteiger partial charge in [0.25, 0.3) is 10.0 Å². The fourth-order valence-corrected chi connectivity index (χ4v) is 5.07. The molecule has 35 heavy (non-hydrogen) atoms. The highest BCUT2D eigenvalue weighted by atomic mass is 35.5. The van der Waals surface area contributed by atoms with Gasteiger partial charge in [0.05, 0.1) is 10.6 Å². The van der Waals surface area contributed by atoms with Crippen LogP contribution in [0.4, 0.5) is 10.1 Å². The summed E-state index contributed by atoms with van der Waals surface area (Å²) in [4.78, 5) is 27.2. The van der Waals surface area contributed by atoms with Crippen LogP contribution in [0.15, 0.2) is 83.8 Å². The Morgan fingerprint density at radius 1 is 1.00 bits per heavy atom. The molecule has 0 heterocycles. The van der Waals surface area contributed by atoms with Gasteiger partial charge in [0, 0.05) is 18.6 Å². The molecule has 1 atom stereocenters. The molecule has 0 aliphatic heterocycles. The topological polar surface area (TPSA) is 86.8 Å². The van der Waals surface area contributed by atoms with E-state index in [0.29, 0.717) is 10.6 Å². The summed E-state index contributed by atoms with van der Waals surface area (Å²) >= 11 is 6.11. The summed E-state index contributed by atoms with van der Waals surface area (Å²) in [5, 5.41) is 2.80. The van der Waals surface area contributed by atoms with Gasteiger partial charge in [0.2, 0.25) is 11.8 Å². The zero-order chi connectivity index (χ0) is 25.6. The number of nitrogens with zero attached hydrogens (tertiary/aromatic N) is 2. The second-order valence-electron chi connectivity index (χ2n) is 7.74. The number of benzene rings is 3. The highest BCUT2D eigenvalue weighted by molar-refractivity contribution is 7.92. The van der Waals surface area contributed by atoms with Crippen LogP contribution in [0.1, 0.15) is 12.5 Å². The number of amides is 2. The molecule has 0 aromatic heterocycles. The second kappa shape index (κ2) is 11.3. The summed E-state index contributed by atoms with van der Waals surface area (Å²) in [6.45, 7) is 0.929. The minimum Gasteiger partial charge on any atom is -0.357 e. The van der Waals surface area contributed by atoms with Gasteiger partial charge < -0.3 is 10.2 Å². The van der Waals surface area contributed by atoms with Crippen molar-refractivity contribution < 1.29 is 22.4 Å². The first-order valence-electron chi connectivity index (χ1n) is 10.7. The van der Waals surface area contributed by atoms with E-state index in [1.165, 1.54) is 67.4 Å². The van der Waals surface area contributed by atoms with Gasteiger partial charge in [-0.3, -0.25) is 13.9 Å². The molecule has 0 aliphatic rings. The van der Waals surface area contributed by atoms with E-state index in [1.807, 2.05) is 0 Å². The Balaban J connectivity index is 2.01. The maximum Gasteiger partial charge on any atom is 0.264 e. The van der Waals surface area contributed by atoms with Gasteiger partial charge >= 0.3 is 0 Å². The molecule has 3 aromatic carbocycles. The van der Waals surface area contributed by atoms with Gasteiger partial charge in [0.1, 0.15) is 18.4 Å². The predicted molar refractivity (Wildman–Crippen MR) is 133 cm³/mol. The van der Waals surface area contributed by atoms with Crippen LogP contribution in [0.3, 0.4) is 0 Å². The Kier molecular flexibility index (Phi) is 8.48. The highest BCUT2D eigenvalue weighted by Gasteiger charge is 2.32. The van der Waals surface area contributed by atoms with Crippen molar-refractivity contribution in [3.05, 3.63) is 95.3 Å². The molecule has 0 aliphatic carbocycles. The summed E-state index contributed by atoms with van der Waals surface area (Å²) in [6, 6.07) is 18.5. The van der Waals surface area contributed by atoms with Crippen LogP contribution in [-0.4, -0.2) is 44.8 Å².